The van der Waals surface area contributed by atoms with Crippen LogP contribution in [-0.2, 0) is 0 Å². The fraction of sp³-hybridized carbons (Fsp3) is 1.00. The third kappa shape index (κ3) is 4.46. The lowest BCUT2D eigenvalue weighted by atomic mass is 9.77. The number of rotatable bonds is 7. The summed E-state index contributed by atoms with van der Waals surface area (Å²) in [7, 11) is 0. The fourth-order valence-electron chi connectivity index (χ4n) is 3.76. The van der Waals surface area contributed by atoms with Gasteiger partial charge in [0, 0.05) is 18.6 Å². The van der Waals surface area contributed by atoms with E-state index in [1.165, 1.54) is 64.6 Å². The maximum absolute atomic E-state index is 3.80. The lowest BCUT2D eigenvalue weighted by Crippen LogP contribution is -2.52. The van der Waals surface area contributed by atoms with Gasteiger partial charge in [-0.3, -0.25) is 4.90 Å². The Morgan fingerprint density at radius 2 is 1.95 bits per heavy atom. The first kappa shape index (κ1) is 15.3. The molecule has 1 saturated heterocycles. The SMILES string of the molecule is CCC(C1CCC1)N1CCCC(NCCC(C)C)C1. The molecule has 112 valence electrons. The van der Waals surface area contributed by atoms with Crippen LogP contribution in [0.15, 0.2) is 0 Å². The van der Waals surface area contributed by atoms with Gasteiger partial charge in [-0.25, -0.2) is 0 Å². The largest absolute Gasteiger partial charge is 0.313 e. The summed E-state index contributed by atoms with van der Waals surface area (Å²) in [5, 5.41) is 3.80. The molecular formula is C17H34N2. The quantitative estimate of drug-likeness (QED) is 0.756. The highest BCUT2D eigenvalue weighted by atomic mass is 15.2. The molecule has 2 unspecified atom stereocenters. The number of likely N-dealkylation sites (tertiary alicyclic amines) is 1. The van der Waals surface area contributed by atoms with Crippen molar-refractivity contribution >= 4 is 0 Å². The van der Waals surface area contributed by atoms with Crippen LogP contribution in [0.1, 0.15) is 65.7 Å². The zero-order chi connectivity index (χ0) is 13.7. The summed E-state index contributed by atoms with van der Waals surface area (Å²) < 4.78 is 0. The lowest BCUT2D eigenvalue weighted by Gasteiger charge is -2.44. The molecule has 2 aliphatic rings. The molecule has 2 fully saturated rings. The summed E-state index contributed by atoms with van der Waals surface area (Å²) in [6, 6.07) is 1.63. The first-order chi connectivity index (χ1) is 9.20. The summed E-state index contributed by atoms with van der Waals surface area (Å²) >= 11 is 0. The smallest absolute Gasteiger partial charge is 0.0195 e. The zero-order valence-corrected chi connectivity index (χ0v) is 13.3. The van der Waals surface area contributed by atoms with Gasteiger partial charge in [-0.15, -0.1) is 0 Å². The summed E-state index contributed by atoms with van der Waals surface area (Å²) in [4.78, 5) is 2.81. The monoisotopic (exact) mass is 266 g/mol. The minimum absolute atomic E-state index is 0.752. The highest BCUT2D eigenvalue weighted by Gasteiger charge is 2.32. The maximum atomic E-state index is 3.80. The van der Waals surface area contributed by atoms with Crippen molar-refractivity contribution in [1.82, 2.24) is 10.2 Å². The van der Waals surface area contributed by atoms with Gasteiger partial charge in [-0.05, 0) is 63.5 Å². The first-order valence-corrected chi connectivity index (χ1v) is 8.68. The van der Waals surface area contributed by atoms with E-state index < -0.39 is 0 Å². The van der Waals surface area contributed by atoms with E-state index in [2.05, 4.69) is 31.0 Å². The molecule has 2 nitrogen and oxygen atoms in total. The molecule has 0 radical (unpaired) electrons. The van der Waals surface area contributed by atoms with Gasteiger partial charge in [0.15, 0.2) is 0 Å². The third-order valence-corrected chi connectivity index (χ3v) is 5.19. The molecule has 0 aromatic heterocycles. The molecule has 0 aromatic rings. The average molecular weight is 266 g/mol. The molecule has 19 heavy (non-hydrogen) atoms. The summed E-state index contributed by atoms with van der Waals surface area (Å²) in [6.07, 6.45) is 9.89. The Bertz CT molecular complexity index is 248. The molecule has 0 spiro atoms. The third-order valence-electron chi connectivity index (χ3n) is 5.19. The predicted molar refractivity (Wildman–Crippen MR) is 83.5 cm³/mol. The summed E-state index contributed by atoms with van der Waals surface area (Å²) in [5.41, 5.74) is 0. The lowest BCUT2D eigenvalue weighted by molar-refractivity contribution is 0.0627. The molecule has 0 amide bonds. The van der Waals surface area contributed by atoms with Crippen LogP contribution in [0.4, 0.5) is 0 Å². The summed E-state index contributed by atoms with van der Waals surface area (Å²) in [6.45, 7) is 10.9. The van der Waals surface area contributed by atoms with Gasteiger partial charge in [-0.2, -0.15) is 0 Å². The van der Waals surface area contributed by atoms with E-state index in [-0.39, 0.29) is 0 Å². The number of nitrogens with one attached hydrogen (secondary N) is 1. The van der Waals surface area contributed by atoms with Crippen LogP contribution in [0.25, 0.3) is 0 Å². The number of hydrogen-bond donors (Lipinski definition) is 1. The van der Waals surface area contributed by atoms with E-state index in [4.69, 9.17) is 0 Å². The van der Waals surface area contributed by atoms with Crippen molar-refractivity contribution in [3.05, 3.63) is 0 Å². The van der Waals surface area contributed by atoms with Gasteiger partial charge >= 0.3 is 0 Å². The van der Waals surface area contributed by atoms with Crippen LogP contribution < -0.4 is 5.32 Å². The van der Waals surface area contributed by atoms with E-state index in [1.807, 2.05) is 0 Å². The van der Waals surface area contributed by atoms with E-state index in [1.54, 1.807) is 0 Å². The van der Waals surface area contributed by atoms with Crippen LogP contribution in [0.3, 0.4) is 0 Å². The van der Waals surface area contributed by atoms with E-state index >= 15 is 0 Å². The Hall–Kier alpha value is -0.0800. The van der Waals surface area contributed by atoms with Crippen LogP contribution in [0, 0.1) is 11.8 Å². The van der Waals surface area contributed by atoms with Gasteiger partial charge in [-0.1, -0.05) is 27.2 Å². The number of hydrogen-bond acceptors (Lipinski definition) is 2. The van der Waals surface area contributed by atoms with Crippen molar-refractivity contribution in [1.29, 1.82) is 0 Å². The van der Waals surface area contributed by atoms with Crippen LogP contribution in [0.5, 0.6) is 0 Å². The Kier molecular flexibility index (Phi) is 6.15. The Balaban J connectivity index is 1.75. The molecule has 1 heterocycles. The molecule has 0 bridgehead atoms. The van der Waals surface area contributed by atoms with Gasteiger partial charge in [0.1, 0.15) is 0 Å². The van der Waals surface area contributed by atoms with Crippen molar-refractivity contribution in [2.75, 3.05) is 19.6 Å². The second-order valence-electron chi connectivity index (χ2n) is 7.14. The Morgan fingerprint density at radius 1 is 1.16 bits per heavy atom. The van der Waals surface area contributed by atoms with Gasteiger partial charge in [0.2, 0.25) is 0 Å². The highest BCUT2D eigenvalue weighted by Crippen LogP contribution is 2.34. The van der Waals surface area contributed by atoms with Crippen molar-refractivity contribution in [3.8, 4) is 0 Å². The van der Waals surface area contributed by atoms with E-state index in [0.29, 0.717) is 0 Å². The molecule has 0 aromatic carbocycles. The van der Waals surface area contributed by atoms with Crippen molar-refractivity contribution in [2.24, 2.45) is 11.8 Å². The predicted octanol–water partition coefficient (Wildman–Crippen LogP) is 3.67. The molecule has 1 N–H and O–H groups in total. The molecule has 1 aliphatic heterocycles. The molecule has 2 heteroatoms. The first-order valence-electron chi connectivity index (χ1n) is 8.68. The van der Waals surface area contributed by atoms with E-state index in [9.17, 15) is 0 Å². The standard InChI is InChI=1S/C17H34N2/c1-4-17(15-7-5-8-15)19-12-6-9-16(13-19)18-11-10-14(2)3/h14-18H,4-13H2,1-3H3. The van der Waals surface area contributed by atoms with Crippen molar-refractivity contribution < 1.29 is 0 Å². The fourth-order valence-corrected chi connectivity index (χ4v) is 3.76. The second-order valence-corrected chi connectivity index (χ2v) is 7.14. The Labute approximate surface area is 120 Å². The minimum Gasteiger partial charge on any atom is -0.313 e. The topological polar surface area (TPSA) is 15.3 Å². The maximum Gasteiger partial charge on any atom is 0.0195 e. The molecule has 1 saturated carbocycles. The summed E-state index contributed by atoms with van der Waals surface area (Å²) in [5.74, 6) is 1.84. The number of piperidine rings is 1. The van der Waals surface area contributed by atoms with Crippen LogP contribution in [-0.4, -0.2) is 36.6 Å². The molecule has 1 aliphatic carbocycles. The second kappa shape index (κ2) is 7.64. The number of nitrogens with zero attached hydrogens (tertiary/aromatic N) is 1. The zero-order valence-electron chi connectivity index (χ0n) is 13.3. The average Bonchev–Trinajstić information content (AvgIpc) is 2.33. The molecule has 2 atom stereocenters. The Morgan fingerprint density at radius 3 is 2.53 bits per heavy atom. The van der Waals surface area contributed by atoms with E-state index in [0.717, 1.165) is 23.9 Å². The normalized spacial score (nSPS) is 27.5. The molecular weight excluding hydrogens is 232 g/mol. The van der Waals surface area contributed by atoms with Gasteiger partial charge in [0.05, 0.1) is 0 Å². The van der Waals surface area contributed by atoms with Crippen molar-refractivity contribution in [3.63, 3.8) is 0 Å². The van der Waals surface area contributed by atoms with Gasteiger partial charge in [0.25, 0.3) is 0 Å². The molecule has 2 rings (SSSR count). The highest BCUT2D eigenvalue weighted by molar-refractivity contribution is 4.88. The van der Waals surface area contributed by atoms with Crippen molar-refractivity contribution in [2.45, 2.75) is 77.8 Å². The van der Waals surface area contributed by atoms with Crippen LogP contribution >= 0.6 is 0 Å². The van der Waals surface area contributed by atoms with Crippen LogP contribution in [0.2, 0.25) is 0 Å². The minimum atomic E-state index is 0.752. The van der Waals surface area contributed by atoms with Gasteiger partial charge < -0.3 is 5.32 Å².